The van der Waals surface area contributed by atoms with E-state index in [1.807, 2.05) is 6.92 Å². The summed E-state index contributed by atoms with van der Waals surface area (Å²) in [7, 11) is -0.725. The molecule has 0 aliphatic heterocycles. The lowest BCUT2D eigenvalue weighted by molar-refractivity contribution is 0.435. The molecule has 2 atom stereocenters. The summed E-state index contributed by atoms with van der Waals surface area (Å²) in [5.41, 5.74) is 0. The van der Waals surface area contributed by atoms with E-state index in [2.05, 4.69) is 5.32 Å². The first-order valence-corrected chi connectivity index (χ1v) is 5.49. The van der Waals surface area contributed by atoms with Crippen LogP contribution in [0.25, 0.3) is 0 Å². The summed E-state index contributed by atoms with van der Waals surface area (Å²) in [6.07, 6.45) is 2.53. The highest BCUT2D eigenvalue weighted by Gasteiger charge is 2.00. The predicted octanol–water partition coefficient (Wildman–Crippen LogP) is 0.703. The Balaban J connectivity index is 3.22. The van der Waals surface area contributed by atoms with Gasteiger partial charge in [0.15, 0.2) is 0 Å². The van der Waals surface area contributed by atoms with Crippen molar-refractivity contribution >= 4 is 10.8 Å². The lowest BCUT2D eigenvalue weighted by Crippen LogP contribution is -2.29. The standard InChI is InChI=1S/C7H16FNOS/c1-7(9-5-4-8)3-6-11(2)10/h7,9H,3-6H2,1-2H3. The Morgan fingerprint density at radius 3 is 2.73 bits per heavy atom. The topological polar surface area (TPSA) is 29.1 Å². The van der Waals surface area contributed by atoms with E-state index >= 15 is 0 Å². The van der Waals surface area contributed by atoms with E-state index in [1.54, 1.807) is 6.26 Å². The molecule has 68 valence electrons. The number of halogens is 1. The molecule has 0 heterocycles. The summed E-state index contributed by atoms with van der Waals surface area (Å²) in [5.74, 6) is 0.695. The summed E-state index contributed by atoms with van der Waals surface area (Å²) in [4.78, 5) is 0. The van der Waals surface area contributed by atoms with Crippen LogP contribution >= 0.6 is 0 Å². The van der Waals surface area contributed by atoms with Gasteiger partial charge in [-0.2, -0.15) is 0 Å². The van der Waals surface area contributed by atoms with Crippen LogP contribution in [0, 0.1) is 0 Å². The van der Waals surface area contributed by atoms with Crippen LogP contribution in [0.2, 0.25) is 0 Å². The van der Waals surface area contributed by atoms with Crippen LogP contribution in [-0.4, -0.2) is 35.5 Å². The molecule has 0 bridgehead atoms. The smallest absolute Gasteiger partial charge is 0.102 e. The fraction of sp³-hybridized carbons (Fsp3) is 1.00. The predicted molar refractivity (Wildman–Crippen MR) is 47.0 cm³/mol. The first-order valence-electron chi connectivity index (χ1n) is 3.76. The van der Waals surface area contributed by atoms with Crippen LogP contribution in [0.15, 0.2) is 0 Å². The molecule has 0 spiro atoms. The SMILES string of the molecule is CC(CCS(C)=O)NCCF. The molecule has 0 rings (SSSR count). The minimum Gasteiger partial charge on any atom is -0.312 e. The molecule has 0 aliphatic carbocycles. The first kappa shape index (κ1) is 11.0. The zero-order valence-electron chi connectivity index (χ0n) is 7.10. The Morgan fingerprint density at radius 1 is 1.64 bits per heavy atom. The molecule has 4 heteroatoms. The van der Waals surface area contributed by atoms with Gasteiger partial charge in [-0.15, -0.1) is 0 Å². The molecule has 0 aromatic heterocycles. The summed E-state index contributed by atoms with van der Waals surface area (Å²) < 4.78 is 22.3. The molecule has 11 heavy (non-hydrogen) atoms. The summed E-state index contributed by atoms with van der Waals surface area (Å²) in [6, 6.07) is 0.273. The van der Waals surface area contributed by atoms with Crippen molar-refractivity contribution in [1.29, 1.82) is 0 Å². The zero-order valence-corrected chi connectivity index (χ0v) is 7.92. The van der Waals surface area contributed by atoms with Crippen LogP contribution in [0.1, 0.15) is 13.3 Å². The maximum absolute atomic E-state index is 11.6. The van der Waals surface area contributed by atoms with E-state index in [0.29, 0.717) is 12.3 Å². The van der Waals surface area contributed by atoms with Crippen molar-refractivity contribution in [2.75, 3.05) is 25.2 Å². The van der Waals surface area contributed by atoms with E-state index in [4.69, 9.17) is 0 Å². The number of hydrogen-bond donors (Lipinski definition) is 1. The first-order chi connectivity index (χ1) is 5.16. The van der Waals surface area contributed by atoms with Crippen molar-refractivity contribution in [3.05, 3.63) is 0 Å². The fourth-order valence-corrected chi connectivity index (χ4v) is 1.43. The molecule has 0 radical (unpaired) electrons. The van der Waals surface area contributed by atoms with E-state index in [-0.39, 0.29) is 12.7 Å². The largest absolute Gasteiger partial charge is 0.312 e. The van der Waals surface area contributed by atoms with Gasteiger partial charge in [-0.3, -0.25) is 4.21 Å². The molecule has 0 aromatic carbocycles. The van der Waals surface area contributed by atoms with E-state index in [9.17, 15) is 8.60 Å². The van der Waals surface area contributed by atoms with Crippen LogP contribution in [0.4, 0.5) is 4.39 Å². The van der Waals surface area contributed by atoms with Crippen molar-refractivity contribution in [2.24, 2.45) is 0 Å². The number of nitrogens with one attached hydrogen (secondary N) is 1. The Labute approximate surface area is 70.0 Å². The maximum Gasteiger partial charge on any atom is 0.102 e. The number of alkyl halides is 1. The number of rotatable bonds is 6. The third-order valence-electron chi connectivity index (χ3n) is 1.43. The third kappa shape index (κ3) is 7.94. The molecule has 2 unspecified atom stereocenters. The Kier molecular flexibility index (Phi) is 6.76. The average Bonchev–Trinajstić information content (AvgIpc) is 1.97. The van der Waals surface area contributed by atoms with Crippen molar-refractivity contribution in [3.8, 4) is 0 Å². The van der Waals surface area contributed by atoms with Gasteiger partial charge in [-0.25, -0.2) is 4.39 Å². The van der Waals surface area contributed by atoms with E-state index in [0.717, 1.165) is 6.42 Å². The van der Waals surface area contributed by atoms with Gasteiger partial charge in [0.25, 0.3) is 0 Å². The Hall–Kier alpha value is 0.0400. The molecule has 1 N–H and O–H groups in total. The minimum absolute atomic E-state index is 0.273. The monoisotopic (exact) mass is 181 g/mol. The van der Waals surface area contributed by atoms with Crippen molar-refractivity contribution < 1.29 is 8.60 Å². The van der Waals surface area contributed by atoms with Crippen LogP contribution < -0.4 is 5.32 Å². The van der Waals surface area contributed by atoms with Crippen molar-refractivity contribution in [1.82, 2.24) is 5.32 Å². The zero-order chi connectivity index (χ0) is 8.69. The van der Waals surface area contributed by atoms with Gasteiger partial charge in [-0.1, -0.05) is 0 Å². The third-order valence-corrected chi connectivity index (χ3v) is 2.24. The molecular weight excluding hydrogens is 165 g/mol. The maximum atomic E-state index is 11.6. The Morgan fingerprint density at radius 2 is 2.27 bits per heavy atom. The van der Waals surface area contributed by atoms with Gasteiger partial charge in [-0.05, 0) is 13.3 Å². The van der Waals surface area contributed by atoms with E-state index in [1.165, 1.54) is 0 Å². The van der Waals surface area contributed by atoms with Crippen molar-refractivity contribution in [2.45, 2.75) is 19.4 Å². The summed E-state index contributed by atoms with van der Waals surface area (Å²) in [6.45, 7) is 2.04. The van der Waals surface area contributed by atoms with Crippen molar-refractivity contribution in [3.63, 3.8) is 0 Å². The summed E-state index contributed by atoms with van der Waals surface area (Å²) >= 11 is 0. The minimum atomic E-state index is -0.725. The second-order valence-electron chi connectivity index (χ2n) is 2.61. The van der Waals surface area contributed by atoms with Gasteiger partial charge in [0.05, 0.1) is 0 Å². The Bertz CT molecular complexity index is 121. The fourth-order valence-electron chi connectivity index (χ4n) is 0.746. The second kappa shape index (κ2) is 6.73. The highest BCUT2D eigenvalue weighted by Crippen LogP contribution is 1.91. The van der Waals surface area contributed by atoms with Gasteiger partial charge in [0.1, 0.15) is 6.67 Å². The quantitative estimate of drug-likeness (QED) is 0.653. The summed E-state index contributed by atoms with van der Waals surface area (Å²) in [5, 5.41) is 2.98. The van der Waals surface area contributed by atoms with Gasteiger partial charge >= 0.3 is 0 Å². The van der Waals surface area contributed by atoms with Crippen LogP contribution in [-0.2, 0) is 10.8 Å². The van der Waals surface area contributed by atoms with Crippen LogP contribution in [0.3, 0.4) is 0 Å². The second-order valence-corrected chi connectivity index (χ2v) is 4.16. The highest BCUT2D eigenvalue weighted by molar-refractivity contribution is 7.84. The highest BCUT2D eigenvalue weighted by atomic mass is 32.2. The lowest BCUT2D eigenvalue weighted by Gasteiger charge is -2.10. The molecule has 0 aliphatic rings. The van der Waals surface area contributed by atoms with Gasteiger partial charge in [0.2, 0.25) is 0 Å². The van der Waals surface area contributed by atoms with Gasteiger partial charge in [0, 0.05) is 35.4 Å². The molecule has 2 nitrogen and oxygen atoms in total. The average molecular weight is 181 g/mol. The number of hydrogen-bond acceptors (Lipinski definition) is 2. The lowest BCUT2D eigenvalue weighted by atomic mass is 10.3. The molecule has 0 amide bonds. The molecule has 0 saturated carbocycles. The normalized spacial score (nSPS) is 16.3. The van der Waals surface area contributed by atoms with Crippen LogP contribution in [0.5, 0.6) is 0 Å². The molecule has 0 fully saturated rings. The molecule has 0 aromatic rings. The molecular formula is C7H16FNOS. The van der Waals surface area contributed by atoms with E-state index < -0.39 is 10.8 Å². The molecule has 0 saturated heterocycles. The van der Waals surface area contributed by atoms with Gasteiger partial charge < -0.3 is 5.32 Å².